The molecule has 0 bridgehead atoms. The van der Waals surface area contributed by atoms with Crippen LogP contribution in [0.5, 0.6) is 0 Å². The number of hydrogen-bond acceptors (Lipinski definition) is 1. The first-order chi connectivity index (χ1) is 5.66. The summed E-state index contributed by atoms with van der Waals surface area (Å²) in [7, 11) is 0. The molecule has 1 rings (SSSR count). The molecule has 62 valence electrons. The first kappa shape index (κ1) is 8.53. The van der Waals surface area contributed by atoms with Crippen molar-refractivity contribution >= 4 is 11.5 Å². The highest BCUT2D eigenvalue weighted by atomic mass is 16.1. The molecule has 0 atom stereocenters. The Bertz CT molecular complexity index is 333. The Balaban J connectivity index is 3.15. The highest BCUT2D eigenvalue weighted by Crippen LogP contribution is 2.10. The molecule has 12 heavy (non-hydrogen) atoms. The molecule has 0 spiro atoms. The Labute approximate surface area is 71.8 Å². The number of aromatic nitrogens is 1. The van der Waals surface area contributed by atoms with Crippen molar-refractivity contribution in [3.05, 3.63) is 43.3 Å². The van der Waals surface area contributed by atoms with E-state index in [9.17, 15) is 4.79 Å². The molecule has 0 aliphatic carbocycles. The minimum Gasteiger partial charge on any atom is -0.315 e. The number of carbonyl (C=O) groups is 1. The van der Waals surface area contributed by atoms with Crippen molar-refractivity contribution < 1.29 is 4.79 Å². The lowest BCUT2D eigenvalue weighted by atomic mass is 10.3. The summed E-state index contributed by atoms with van der Waals surface area (Å²) in [5.41, 5.74) is 1.35. The molecule has 1 aromatic heterocycles. The molecule has 0 fully saturated rings. The summed E-state index contributed by atoms with van der Waals surface area (Å²) in [5, 5.41) is 0. The summed E-state index contributed by atoms with van der Waals surface area (Å²) < 4.78 is 1.72. The fraction of sp³-hybridized carbons (Fsp3) is 0.100. The topological polar surface area (TPSA) is 22.0 Å². The van der Waals surface area contributed by atoms with Crippen molar-refractivity contribution in [2.24, 2.45) is 0 Å². The SMILES string of the molecule is C=CC(=C)n1cccc1C(C)=O. The lowest BCUT2D eigenvalue weighted by Gasteiger charge is -2.04. The van der Waals surface area contributed by atoms with Crippen molar-refractivity contribution in [1.29, 1.82) is 0 Å². The molecule has 0 saturated carbocycles. The molecule has 0 amide bonds. The standard InChI is InChI=1S/C10H11NO/c1-4-8(2)11-7-5-6-10(11)9(3)12/h4-7H,1-2H2,3H3. The lowest BCUT2D eigenvalue weighted by molar-refractivity contribution is 0.101. The van der Waals surface area contributed by atoms with E-state index in [1.54, 1.807) is 22.9 Å². The smallest absolute Gasteiger partial charge is 0.176 e. The highest BCUT2D eigenvalue weighted by Gasteiger charge is 2.05. The van der Waals surface area contributed by atoms with Crippen LogP contribution in [0.25, 0.3) is 5.70 Å². The molecule has 0 aliphatic heterocycles. The Morgan fingerprint density at radius 1 is 1.67 bits per heavy atom. The van der Waals surface area contributed by atoms with Crippen LogP contribution in [-0.2, 0) is 0 Å². The Hall–Kier alpha value is -1.57. The molecule has 2 nitrogen and oxygen atoms in total. The third-order valence-corrected chi connectivity index (χ3v) is 1.65. The van der Waals surface area contributed by atoms with E-state index in [0.29, 0.717) is 11.4 Å². The zero-order valence-electron chi connectivity index (χ0n) is 7.08. The van der Waals surface area contributed by atoms with E-state index < -0.39 is 0 Å². The Morgan fingerprint density at radius 3 is 2.83 bits per heavy atom. The summed E-state index contributed by atoms with van der Waals surface area (Å²) in [6.45, 7) is 8.87. The second kappa shape index (κ2) is 3.22. The average Bonchev–Trinajstić information content (AvgIpc) is 2.50. The molecule has 0 radical (unpaired) electrons. The van der Waals surface area contributed by atoms with Gasteiger partial charge in [0.2, 0.25) is 0 Å². The van der Waals surface area contributed by atoms with Gasteiger partial charge in [0.15, 0.2) is 5.78 Å². The van der Waals surface area contributed by atoms with Gasteiger partial charge in [-0.15, -0.1) is 0 Å². The van der Waals surface area contributed by atoms with Crippen molar-refractivity contribution in [3.63, 3.8) is 0 Å². The predicted octanol–water partition coefficient (Wildman–Crippen LogP) is 2.35. The van der Waals surface area contributed by atoms with E-state index in [2.05, 4.69) is 13.2 Å². The van der Waals surface area contributed by atoms with E-state index >= 15 is 0 Å². The number of Topliss-reactive ketones (excluding diaryl/α,β-unsaturated/α-hetero) is 1. The summed E-state index contributed by atoms with van der Waals surface area (Å²) in [6.07, 6.45) is 3.41. The van der Waals surface area contributed by atoms with Crippen LogP contribution in [0, 0.1) is 0 Å². The zero-order chi connectivity index (χ0) is 9.14. The molecular formula is C10H11NO. The number of allylic oxidation sites excluding steroid dienone is 2. The van der Waals surface area contributed by atoms with Gasteiger partial charge in [-0.2, -0.15) is 0 Å². The van der Waals surface area contributed by atoms with Crippen molar-refractivity contribution in [1.82, 2.24) is 4.57 Å². The molecule has 1 heterocycles. The van der Waals surface area contributed by atoms with E-state index in [1.807, 2.05) is 6.07 Å². The quantitative estimate of drug-likeness (QED) is 0.492. The van der Waals surface area contributed by atoms with Crippen LogP contribution in [0.3, 0.4) is 0 Å². The molecule has 0 N–H and O–H groups in total. The van der Waals surface area contributed by atoms with Gasteiger partial charge in [0.05, 0.1) is 5.69 Å². The number of rotatable bonds is 3. The van der Waals surface area contributed by atoms with Gasteiger partial charge in [0, 0.05) is 18.8 Å². The molecular weight excluding hydrogens is 150 g/mol. The monoisotopic (exact) mass is 161 g/mol. The van der Waals surface area contributed by atoms with Crippen LogP contribution in [0.1, 0.15) is 17.4 Å². The maximum atomic E-state index is 11.1. The van der Waals surface area contributed by atoms with Gasteiger partial charge < -0.3 is 4.57 Å². The van der Waals surface area contributed by atoms with Crippen molar-refractivity contribution in [2.45, 2.75) is 6.92 Å². The van der Waals surface area contributed by atoms with Gasteiger partial charge >= 0.3 is 0 Å². The third kappa shape index (κ3) is 1.37. The third-order valence-electron chi connectivity index (χ3n) is 1.65. The summed E-state index contributed by atoms with van der Waals surface area (Å²) in [5.74, 6) is 0.0306. The first-order valence-corrected chi connectivity index (χ1v) is 3.67. The van der Waals surface area contributed by atoms with Gasteiger partial charge in [0.1, 0.15) is 0 Å². The minimum absolute atomic E-state index is 0.0306. The van der Waals surface area contributed by atoms with Crippen LogP contribution in [0.15, 0.2) is 37.6 Å². The van der Waals surface area contributed by atoms with Crippen LogP contribution < -0.4 is 0 Å². The second-order valence-corrected chi connectivity index (χ2v) is 2.52. The van der Waals surface area contributed by atoms with Crippen LogP contribution >= 0.6 is 0 Å². The fourth-order valence-corrected chi connectivity index (χ4v) is 1.02. The van der Waals surface area contributed by atoms with Crippen molar-refractivity contribution in [2.75, 3.05) is 0 Å². The maximum absolute atomic E-state index is 11.1. The summed E-state index contributed by atoms with van der Waals surface area (Å²) in [4.78, 5) is 11.1. The van der Waals surface area contributed by atoms with Gasteiger partial charge in [-0.05, 0) is 18.2 Å². The minimum atomic E-state index is 0.0306. The first-order valence-electron chi connectivity index (χ1n) is 3.67. The molecule has 1 aromatic rings. The van der Waals surface area contributed by atoms with Crippen molar-refractivity contribution in [3.8, 4) is 0 Å². The number of carbonyl (C=O) groups excluding carboxylic acids is 1. The Kier molecular flexibility index (Phi) is 2.29. The summed E-state index contributed by atoms with van der Waals surface area (Å²) in [6, 6.07) is 3.57. The number of ketones is 1. The average molecular weight is 161 g/mol. The van der Waals surface area contributed by atoms with E-state index in [4.69, 9.17) is 0 Å². The maximum Gasteiger partial charge on any atom is 0.176 e. The van der Waals surface area contributed by atoms with E-state index in [-0.39, 0.29) is 5.78 Å². The van der Waals surface area contributed by atoms with Crippen LogP contribution in [0.2, 0.25) is 0 Å². The van der Waals surface area contributed by atoms with Gasteiger partial charge in [-0.25, -0.2) is 0 Å². The molecule has 0 aromatic carbocycles. The Morgan fingerprint density at radius 2 is 2.33 bits per heavy atom. The predicted molar refractivity (Wildman–Crippen MR) is 50.0 cm³/mol. The fourth-order valence-electron chi connectivity index (χ4n) is 1.02. The largest absolute Gasteiger partial charge is 0.315 e. The normalized spacial score (nSPS) is 9.42. The molecule has 0 aliphatic rings. The molecule has 2 heteroatoms. The number of nitrogens with zero attached hydrogens (tertiary/aromatic N) is 1. The van der Waals surface area contributed by atoms with Gasteiger partial charge in [0.25, 0.3) is 0 Å². The van der Waals surface area contributed by atoms with Crippen LogP contribution in [-0.4, -0.2) is 10.4 Å². The van der Waals surface area contributed by atoms with E-state index in [1.165, 1.54) is 6.92 Å². The molecule has 0 unspecified atom stereocenters. The zero-order valence-corrected chi connectivity index (χ0v) is 7.08. The van der Waals surface area contributed by atoms with Gasteiger partial charge in [-0.1, -0.05) is 13.2 Å². The van der Waals surface area contributed by atoms with Gasteiger partial charge in [-0.3, -0.25) is 4.79 Å². The van der Waals surface area contributed by atoms with Crippen LogP contribution in [0.4, 0.5) is 0 Å². The number of hydrogen-bond donors (Lipinski definition) is 0. The summed E-state index contributed by atoms with van der Waals surface area (Å²) >= 11 is 0. The molecule has 0 saturated heterocycles. The lowest BCUT2D eigenvalue weighted by Crippen LogP contribution is -2.02. The second-order valence-electron chi connectivity index (χ2n) is 2.52. The van der Waals surface area contributed by atoms with E-state index in [0.717, 1.165) is 0 Å². The highest BCUT2D eigenvalue weighted by molar-refractivity contribution is 5.93.